The molecule has 7 nitrogen and oxygen atoms in total. The first-order valence-electron chi connectivity index (χ1n) is 8.43. The molecule has 3 heterocycles. The zero-order valence-corrected chi connectivity index (χ0v) is 13.9. The summed E-state index contributed by atoms with van der Waals surface area (Å²) in [6.07, 6.45) is 5.29. The number of aromatic nitrogens is 3. The third-order valence-corrected chi connectivity index (χ3v) is 4.35. The third-order valence-electron chi connectivity index (χ3n) is 4.35. The summed E-state index contributed by atoms with van der Waals surface area (Å²) in [5.74, 6) is 0.914. The van der Waals surface area contributed by atoms with E-state index in [0.29, 0.717) is 0 Å². The largest absolute Gasteiger partial charge is 0.360 e. The Hall–Kier alpha value is -2.93. The molecule has 0 atom stereocenters. The summed E-state index contributed by atoms with van der Waals surface area (Å²) in [4.78, 5) is 23.2. The van der Waals surface area contributed by atoms with Crippen LogP contribution in [0.5, 0.6) is 0 Å². The number of nitrogens with one attached hydrogen (secondary N) is 2. The second-order valence-electron chi connectivity index (χ2n) is 5.96. The standard InChI is InChI=1S/C18H20N6O/c25-16(23-9-6-19-7-10-23)13-21-18-17(14-4-2-1-3-5-14)22-15-12-20-8-11-24(15)18/h1-5,8,11-12,19,21H,6-7,9-10,13H2. The minimum Gasteiger partial charge on any atom is -0.360 e. The number of amides is 1. The second kappa shape index (κ2) is 6.90. The molecule has 1 amide bonds. The second-order valence-corrected chi connectivity index (χ2v) is 5.96. The molecule has 2 aromatic heterocycles. The average Bonchev–Trinajstić information content (AvgIpc) is 3.06. The summed E-state index contributed by atoms with van der Waals surface area (Å²) in [7, 11) is 0. The molecule has 2 N–H and O–H groups in total. The number of fused-ring (bicyclic) bond motifs is 1. The SMILES string of the molecule is O=C(CNc1c(-c2ccccc2)nc2cnccn12)N1CCNCC1. The summed E-state index contributed by atoms with van der Waals surface area (Å²) in [5.41, 5.74) is 2.57. The van der Waals surface area contributed by atoms with E-state index in [9.17, 15) is 4.79 Å². The maximum atomic E-state index is 12.5. The number of carbonyl (C=O) groups excluding carboxylic acids is 1. The van der Waals surface area contributed by atoms with Crippen LogP contribution >= 0.6 is 0 Å². The van der Waals surface area contributed by atoms with Gasteiger partial charge < -0.3 is 15.5 Å². The molecule has 1 aromatic carbocycles. The van der Waals surface area contributed by atoms with Crippen molar-refractivity contribution in [3.8, 4) is 11.3 Å². The summed E-state index contributed by atoms with van der Waals surface area (Å²) in [5, 5.41) is 6.55. The van der Waals surface area contributed by atoms with Crippen molar-refractivity contribution < 1.29 is 4.79 Å². The normalized spacial score (nSPS) is 14.6. The van der Waals surface area contributed by atoms with Crippen molar-refractivity contribution in [2.24, 2.45) is 0 Å². The van der Waals surface area contributed by atoms with Crippen molar-refractivity contribution in [3.05, 3.63) is 48.9 Å². The van der Waals surface area contributed by atoms with Crippen LogP contribution in [-0.2, 0) is 4.79 Å². The van der Waals surface area contributed by atoms with E-state index in [1.807, 2.05) is 45.8 Å². The van der Waals surface area contributed by atoms with Gasteiger partial charge in [-0.05, 0) is 0 Å². The number of nitrogens with zero attached hydrogens (tertiary/aromatic N) is 4. The zero-order chi connectivity index (χ0) is 17.1. The van der Waals surface area contributed by atoms with Gasteiger partial charge in [0.1, 0.15) is 11.5 Å². The van der Waals surface area contributed by atoms with Crippen LogP contribution in [0.15, 0.2) is 48.9 Å². The number of benzene rings is 1. The molecule has 1 aliphatic rings. The van der Waals surface area contributed by atoms with E-state index in [1.54, 1.807) is 12.4 Å². The lowest BCUT2D eigenvalue weighted by molar-refractivity contribution is -0.129. The molecule has 128 valence electrons. The summed E-state index contributed by atoms with van der Waals surface area (Å²) >= 11 is 0. The van der Waals surface area contributed by atoms with Crippen LogP contribution < -0.4 is 10.6 Å². The smallest absolute Gasteiger partial charge is 0.242 e. The Morgan fingerprint density at radius 3 is 2.80 bits per heavy atom. The van der Waals surface area contributed by atoms with Crippen molar-refractivity contribution in [3.63, 3.8) is 0 Å². The topological polar surface area (TPSA) is 74.6 Å². The highest BCUT2D eigenvalue weighted by molar-refractivity contribution is 5.83. The molecule has 0 aliphatic carbocycles. The highest BCUT2D eigenvalue weighted by atomic mass is 16.2. The molecule has 0 bridgehead atoms. The highest BCUT2D eigenvalue weighted by Gasteiger charge is 2.18. The molecule has 25 heavy (non-hydrogen) atoms. The number of piperazine rings is 1. The van der Waals surface area contributed by atoms with Crippen molar-refractivity contribution in [1.29, 1.82) is 0 Å². The van der Waals surface area contributed by atoms with Crippen LogP contribution in [0.3, 0.4) is 0 Å². The quantitative estimate of drug-likeness (QED) is 0.750. The van der Waals surface area contributed by atoms with E-state index >= 15 is 0 Å². The Labute approximate surface area is 145 Å². The van der Waals surface area contributed by atoms with Gasteiger partial charge in [0, 0.05) is 44.1 Å². The molecule has 3 aromatic rings. The van der Waals surface area contributed by atoms with Crippen molar-refractivity contribution in [2.45, 2.75) is 0 Å². The van der Waals surface area contributed by atoms with E-state index < -0.39 is 0 Å². The van der Waals surface area contributed by atoms with E-state index in [4.69, 9.17) is 0 Å². The molecule has 0 saturated carbocycles. The number of imidazole rings is 1. The van der Waals surface area contributed by atoms with Crippen LogP contribution in [-0.4, -0.2) is 57.9 Å². The monoisotopic (exact) mass is 336 g/mol. The molecule has 1 fully saturated rings. The summed E-state index contributed by atoms with van der Waals surface area (Å²) < 4.78 is 1.93. The fraction of sp³-hybridized carbons (Fsp3) is 0.278. The molecular weight excluding hydrogens is 316 g/mol. The first-order chi connectivity index (χ1) is 12.3. The maximum absolute atomic E-state index is 12.5. The predicted molar refractivity (Wildman–Crippen MR) is 96.4 cm³/mol. The van der Waals surface area contributed by atoms with Gasteiger partial charge in [0.2, 0.25) is 5.91 Å². The van der Waals surface area contributed by atoms with Gasteiger partial charge in [0.05, 0.1) is 12.7 Å². The number of hydrogen-bond donors (Lipinski definition) is 2. The van der Waals surface area contributed by atoms with E-state index in [0.717, 1.165) is 48.9 Å². The Bertz CT molecular complexity index is 870. The molecule has 0 unspecified atom stereocenters. The number of carbonyl (C=O) groups is 1. The number of anilines is 1. The van der Waals surface area contributed by atoms with Gasteiger partial charge >= 0.3 is 0 Å². The van der Waals surface area contributed by atoms with Crippen molar-refractivity contribution >= 4 is 17.4 Å². The summed E-state index contributed by atoms with van der Waals surface area (Å²) in [6.45, 7) is 3.45. The van der Waals surface area contributed by atoms with Gasteiger partial charge in [-0.25, -0.2) is 4.98 Å². The van der Waals surface area contributed by atoms with Crippen LogP contribution in [0.1, 0.15) is 0 Å². The van der Waals surface area contributed by atoms with Crippen LogP contribution in [0.2, 0.25) is 0 Å². The molecule has 1 saturated heterocycles. The van der Waals surface area contributed by atoms with Crippen LogP contribution in [0.4, 0.5) is 5.82 Å². The van der Waals surface area contributed by atoms with Crippen LogP contribution in [0, 0.1) is 0 Å². The Kier molecular flexibility index (Phi) is 4.30. The Morgan fingerprint density at radius 2 is 2.00 bits per heavy atom. The van der Waals surface area contributed by atoms with E-state index in [-0.39, 0.29) is 12.5 Å². The van der Waals surface area contributed by atoms with E-state index in [2.05, 4.69) is 20.6 Å². The Morgan fingerprint density at radius 1 is 1.20 bits per heavy atom. The lowest BCUT2D eigenvalue weighted by Crippen LogP contribution is -2.48. The van der Waals surface area contributed by atoms with Crippen molar-refractivity contribution in [1.82, 2.24) is 24.6 Å². The molecule has 7 heteroatoms. The summed E-state index contributed by atoms with van der Waals surface area (Å²) in [6, 6.07) is 9.96. The number of hydrogen-bond acceptors (Lipinski definition) is 5. The van der Waals surface area contributed by atoms with E-state index in [1.165, 1.54) is 0 Å². The van der Waals surface area contributed by atoms with Gasteiger partial charge in [-0.3, -0.25) is 14.2 Å². The fourth-order valence-corrected chi connectivity index (χ4v) is 3.06. The van der Waals surface area contributed by atoms with Gasteiger partial charge in [0.15, 0.2) is 5.65 Å². The third kappa shape index (κ3) is 3.18. The number of rotatable bonds is 4. The first kappa shape index (κ1) is 15.6. The lowest BCUT2D eigenvalue weighted by Gasteiger charge is -2.27. The average molecular weight is 336 g/mol. The highest BCUT2D eigenvalue weighted by Crippen LogP contribution is 2.28. The molecule has 4 rings (SSSR count). The minimum absolute atomic E-state index is 0.101. The lowest BCUT2D eigenvalue weighted by atomic mass is 10.1. The van der Waals surface area contributed by atoms with Gasteiger partial charge in [-0.2, -0.15) is 0 Å². The first-order valence-corrected chi connectivity index (χ1v) is 8.43. The fourth-order valence-electron chi connectivity index (χ4n) is 3.06. The molecular formula is C18H20N6O. The van der Waals surface area contributed by atoms with Gasteiger partial charge in [0.25, 0.3) is 0 Å². The molecule has 1 aliphatic heterocycles. The van der Waals surface area contributed by atoms with Crippen LogP contribution in [0.25, 0.3) is 16.9 Å². The zero-order valence-electron chi connectivity index (χ0n) is 13.9. The predicted octanol–water partition coefficient (Wildman–Crippen LogP) is 1.24. The Balaban J connectivity index is 1.62. The maximum Gasteiger partial charge on any atom is 0.242 e. The molecule has 0 spiro atoms. The minimum atomic E-state index is 0.101. The molecule has 0 radical (unpaired) electrons. The van der Waals surface area contributed by atoms with Gasteiger partial charge in [-0.15, -0.1) is 0 Å². The van der Waals surface area contributed by atoms with Crippen molar-refractivity contribution in [2.75, 3.05) is 38.0 Å². The van der Waals surface area contributed by atoms with Gasteiger partial charge in [-0.1, -0.05) is 30.3 Å².